The SMILES string of the molecule is CC(C)(C)OC(=O)CCCCCCCCCCCCCNCCCl. The van der Waals surface area contributed by atoms with Crippen molar-refractivity contribution in [2.45, 2.75) is 103 Å². The molecule has 0 rings (SSSR count). The van der Waals surface area contributed by atoms with Gasteiger partial charge in [0.2, 0.25) is 0 Å². The second kappa shape index (κ2) is 16.2. The first kappa shape index (κ1) is 23.7. The van der Waals surface area contributed by atoms with Crippen LogP contribution in [-0.4, -0.2) is 30.5 Å². The van der Waals surface area contributed by atoms with E-state index in [-0.39, 0.29) is 11.6 Å². The summed E-state index contributed by atoms with van der Waals surface area (Å²) in [5.41, 5.74) is -0.349. The van der Waals surface area contributed by atoms with Crippen LogP contribution in [0.5, 0.6) is 0 Å². The van der Waals surface area contributed by atoms with Gasteiger partial charge in [-0.25, -0.2) is 0 Å². The van der Waals surface area contributed by atoms with E-state index in [2.05, 4.69) is 5.32 Å². The van der Waals surface area contributed by atoms with Gasteiger partial charge in [-0.15, -0.1) is 11.6 Å². The van der Waals surface area contributed by atoms with Crippen molar-refractivity contribution in [2.75, 3.05) is 19.0 Å². The van der Waals surface area contributed by atoms with Gasteiger partial charge in [-0.2, -0.15) is 0 Å². The molecule has 0 aromatic heterocycles. The number of ether oxygens (including phenoxy) is 1. The molecule has 0 aliphatic rings. The molecule has 0 radical (unpaired) electrons. The van der Waals surface area contributed by atoms with E-state index in [4.69, 9.17) is 16.3 Å². The first-order chi connectivity index (χ1) is 11.5. The van der Waals surface area contributed by atoms with Gasteiger partial charge in [0.15, 0.2) is 0 Å². The van der Waals surface area contributed by atoms with Crippen molar-refractivity contribution < 1.29 is 9.53 Å². The summed E-state index contributed by atoms with van der Waals surface area (Å²) in [5, 5.41) is 3.33. The van der Waals surface area contributed by atoms with Gasteiger partial charge < -0.3 is 10.1 Å². The molecule has 0 aromatic carbocycles. The van der Waals surface area contributed by atoms with Crippen LogP contribution >= 0.6 is 11.6 Å². The zero-order valence-electron chi connectivity index (χ0n) is 16.3. The number of nitrogens with one attached hydrogen (secondary N) is 1. The fourth-order valence-corrected chi connectivity index (χ4v) is 2.83. The standard InChI is InChI=1S/C20H40ClNO2/c1-20(2,3)24-19(23)15-13-11-9-7-5-4-6-8-10-12-14-17-22-18-16-21/h22H,4-18H2,1-3H3. The number of alkyl halides is 1. The molecule has 0 bridgehead atoms. The summed E-state index contributed by atoms with van der Waals surface area (Å²) in [6.45, 7) is 7.80. The van der Waals surface area contributed by atoms with Crippen LogP contribution in [0.1, 0.15) is 97.8 Å². The quantitative estimate of drug-likeness (QED) is 0.213. The molecule has 1 N–H and O–H groups in total. The summed E-state index contributed by atoms with van der Waals surface area (Å²) in [6, 6.07) is 0. The Morgan fingerprint density at radius 1 is 0.792 bits per heavy atom. The molecule has 144 valence electrons. The van der Waals surface area contributed by atoms with Crippen molar-refractivity contribution in [3.8, 4) is 0 Å². The summed E-state index contributed by atoms with van der Waals surface area (Å²) >= 11 is 5.61. The number of hydrogen-bond acceptors (Lipinski definition) is 3. The molecular weight excluding hydrogens is 322 g/mol. The van der Waals surface area contributed by atoms with Crippen LogP contribution in [0.15, 0.2) is 0 Å². The highest BCUT2D eigenvalue weighted by Gasteiger charge is 2.15. The van der Waals surface area contributed by atoms with E-state index >= 15 is 0 Å². The predicted molar refractivity (Wildman–Crippen MR) is 105 cm³/mol. The molecule has 4 heteroatoms. The minimum Gasteiger partial charge on any atom is -0.460 e. The molecule has 0 atom stereocenters. The molecule has 0 aliphatic heterocycles. The summed E-state index contributed by atoms with van der Waals surface area (Å²) < 4.78 is 5.31. The first-order valence-electron chi connectivity index (χ1n) is 9.94. The second-order valence-electron chi connectivity index (χ2n) is 7.66. The molecule has 3 nitrogen and oxygen atoms in total. The highest BCUT2D eigenvalue weighted by Crippen LogP contribution is 2.13. The molecule has 0 heterocycles. The van der Waals surface area contributed by atoms with Gasteiger partial charge in [-0.3, -0.25) is 4.79 Å². The van der Waals surface area contributed by atoms with Crippen LogP contribution in [0, 0.1) is 0 Å². The Kier molecular flexibility index (Phi) is 16.0. The summed E-state index contributed by atoms with van der Waals surface area (Å²) in [6.07, 6.45) is 14.6. The topological polar surface area (TPSA) is 38.3 Å². The van der Waals surface area contributed by atoms with Crippen molar-refractivity contribution in [1.82, 2.24) is 5.32 Å². The third-order valence-electron chi connectivity index (χ3n) is 3.93. The third kappa shape index (κ3) is 19.8. The van der Waals surface area contributed by atoms with Crippen molar-refractivity contribution in [1.29, 1.82) is 0 Å². The summed E-state index contributed by atoms with van der Waals surface area (Å²) in [7, 11) is 0. The maximum Gasteiger partial charge on any atom is 0.306 e. The third-order valence-corrected chi connectivity index (χ3v) is 4.11. The Morgan fingerprint density at radius 2 is 1.25 bits per heavy atom. The Labute approximate surface area is 155 Å². The predicted octanol–water partition coefficient (Wildman–Crippen LogP) is 5.84. The lowest BCUT2D eigenvalue weighted by molar-refractivity contribution is -0.154. The van der Waals surface area contributed by atoms with E-state index in [1.54, 1.807) is 0 Å². The van der Waals surface area contributed by atoms with Crippen LogP contribution in [0.4, 0.5) is 0 Å². The van der Waals surface area contributed by atoms with Gasteiger partial charge in [0.1, 0.15) is 5.60 Å². The minimum absolute atomic E-state index is 0.0552. The molecular formula is C20H40ClNO2. The average molecular weight is 362 g/mol. The lowest BCUT2D eigenvalue weighted by Crippen LogP contribution is -2.23. The lowest BCUT2D eigenvalue weighted by atomic mass is 10.1. The van der Waals surface area contributed by atoms with Gasteiger partial charge in [0.25, 0.3) is 0 Å². The zero-order valence-corrected chi connectivity index (χ0v) is 17.1. The molecule has 0 fully saturated rings. The van der Waals surface area contributed by atoms with Crippen molar-refractivity contribution in [3.63, 3.8) is 0 Å². The lowest BCUT2D eigenvalue weighted by Gasteiger charge is -2.19. The zero-order chi connectivity index (χ0) is 18.1. The largest absolute Gasteiger partial charge is 0.460 e. The minimum atomic E-state index is -0.349. The number of rotatable bonds is 16. The van der Waals surface area contributed by atoms with E-state index in [9.17, 15) is 4.79 Å². The second-order valence-corrected chi connectivity index (χ2v) is 8.04. The van der Waals surface area contributed by atoms with Crippen molar-refractivity contribution >= 4 is 17.6 Å². The van der Waals surface area contributed by atoms with Crippen molar-refractivity contribution in [3.05, 3.63) is 0 Å². The van der Waals surface area contributed by atoms with Crippen LogP contribution in [0.25, 0.3) is 0 Å². The van der Waals surface area contributed by atoms with Crippen molar-refractivity contribution in [2.24, 2.45) is 0 Å². The number of carbonyl (C=O) groups is 1. The Balaban J connectivity index is 3.14. The number of esters is 1. The van der Waals surface area contributed by atoms with Gasteiger partial charge in [0, 0.05) is 18.8 Å². The fourth-order valence-electron chi connectivity index (χ4n) is 2.69. The van der Waals surface area contributed by atoms with E-state index in [0.29, 0.717) is 12.3 Å². The van der Waals surface area contributed by atoms with Crippen LogP contribution in [0.3, 0.4) is 0 Å². The Hall–Kier alpha value is -0.280. The summed E-state index contributed by atoms with van der Waals surface area (Å²) in [4.78, 5) is 11.6. The molecule has 0 spiro atoms. The molecule has 0 unspecified atom stereocenters. The highest BCUT2D eigenvalue weighted by atomic mass is 35.5. The Bertz CT molecular complexity index is 290. The van der Waals surface area contributed by atoms with Gasteiger partial charge in [0.05, 0.1) is 0 Å². The Morgan fingerprint density at radius 3 is 1.71 bits per heavy atom. The molecule has 0 amide bonds. The van der Waals surface area contributed by atoms with Crippen LogP contribution in [-0.2, 0) is 9.53 Å². The van der Waals surface area contributed by atoms with Crippen LogP contribution < -0.4 is 5.32 Å². The monoisotopic (exact) mass is 361 g/mol. The van der Waals surface area contributed by atoms with E-state index in [0.717, 1.165) is 25.9 Å². The van der Waals surface area contributed by atoms with E-state index in [1.807, 2.05) is 20.8 Å². The van der Waals surface area contributed by atoms with E-state index < -0.39 is 0 Å². The molecule has 0 saturated heterocycles. The average Bonchev–Trinajstić information content (AvgIpc) is 2.49. The molecule has 0 saturated carbocycles. The van der Waals surface area contributed by atoms with Gasteiger partial charge in [-0.05, 0) is 40.2 Å². The number of unbranched alkanes of at least 4 members (excludes halogenated alkanes) is 10. The van der Waals surface area contributed by atoms with Gasteiger partial charge in [-0.1, -0.05) is 57.8 Å². The number of hydrogen-bond donors (Lipinski definition) is 1. The molecule has 0 aromatic rings. The van der Waals surface area contributed by atoms with Gasteiger partial charge >= 0.3 is 5.97 Å². The first-order valence-corrected chi connectivity index (χ1v) is 10.5. The smallest absolute Gasteiger partial charge is 0.306 e. The maximum absolute atomic E-state index is 11.6. The molecule has 0 aliphatic carbocycles. The highest BCUT2D eigenvalue weighted by molar-refractivity contribution is 6.18. The summed E-state index contributed by atoms with van der Waals surface area (Å²) in [5.74, 6) is 0.654. The maximum atomic E-state index is 11.6. The number of carbonyl (C=O) groups excluding carboxylic acids is 1. The van der Waals surface area contributed by atoms with Crippen LogP contribution in [0.2, 0.25) is 0 Å². The normalized spacial score (nSPS) is 11.7. The van der Waals surface area contributed by atoms with E-state index in [1.165, 1.54) is 57.8 Å². The fraction of sp³-hybridized carbons (Fsp3) is 0.950. The molecule has 24 heavy (non-hydrogen) atoms. The number of halogens is 1.